The van der Waals surface area contributed by atoms with E-state index in [-0.39, 0.29) is 50.1 Å². The van der Waals surface area contributed by atoms with Crippen molar-refractivity contribution in [3.63, 3.8) is 0 Å². The molecule has 0 aliphatic carbocycles. The summed E-state index contributed by atoms with van der Waals surface area (Å²) in [6.45, 7) is 0.614. The summed E-state index contributed by atoms with van der Waals surface area (Å²) in [7, 11) is 0. The average Bonchev–Trinajstić information content (AvgIpc) is 3.24. The zero-order valence-corrected chi connectivity index (χ0v) is 16.2. The number of furan rings is 1. The molecule has 4 rings (SSSR count). The molecule has 1 aromatic carbocycles. The molecule has 2 aliphatic heterocycles. The number of nitrogens with one attached hydrogen (secondary N) is 1. The second-order valence-electron chi connectivity index (χ2n) is 7.33. The van der Waals surface area contributed by atoms with Crippen LogP contribution in [0.5, 0.6) is 0 Å². The lowest BCUT2D eigenvalue weighted by Crippen LogP contribution is -2.59. The van der Waals surface area contributed by atoms with Gasteiger partial charge in [0.15, 0.2) is 0 Å². The van der Waals surface area contributed by atoms with Crippen molar-refractivity contribution >= 4 is 29.4 Å². The molecule has 156 valence electrons. The maximum absolute atomic E-state index is 13.2. The summed E-state index contributed by atoms with van der Waals surface area (Å²) in [6, 6.07) is 7.90. The number of nitrogens with zero attached hydrogens (tertiary/aromatic N) is 2. The number of carbonyl (C=O) groups is 4. The summed E-state index contributed by atoms with van der Waals surface area (Å²) in [5.41, 5.74) is 1.53. The molecule has 1 atom stereocenters. The van der Waals surface area contributed by atoms with Crippen LogP contribution in [0.1, 0.15) is 29.6 Å². The highest BCUT2D eigenvalue weighted by molar-refractivity contribution is 6.10. The highest BCUT2D eigenvalue weighted by Gasteiger charge is 2.40. The van der Waals surface area contributed by atoms with Gasteiger partial charge < -0.3 is 24.6 Å². The molecule has 2 aliphatic rings. The van der Waals surface area contributed by atoms with Crippen molar-refractivity contribution in [2.24, 2.45) is 0 Å². The van der Waals surface area contributed by atoms with Gasteiger partial charge in [0, 0.05) is 31.5 Å². The molecule has 1 fully saturated rings. The molecule has 3 heterocycles. The molecular weight excluding hydrogens is 390 g/mol. The number of fused-ring (bicyclic) bond motifs is 2. The van der Waals surface area contributed by atoms with E-state index in [0.29, 0.717) is 23.6 Å². The average molecular weight is 411 g/mol. The molecule has 2 N–H and O–H groups in total. The maximum atomic E-state index is 13.2. The predicted molar refractivity (Wildman–Crippen MR) is 106 cm³/mol. The van der Waals surface area contributed by atoms with Gasteiger partial charge in [0.1, 0.15) is 11.8 Å². The van der Waals surface area contributed by atoms with Crippen molar-refractivity contribution in [2.75, 3.05) is 25.0 Å². The van der Waals surface area contributed by atoms with Crippen molar-refractivity contribution in [3.05, 3.63) is 42.2 Å². The Morgan fingerprint density at radius 2 is 2.00 bits per heavy atom. The number of carboxylic acid groups (broad SMARTS) is 1. The van der Waals surface area contributed by atoms with Gasteiger partial charge in [-0.15, -0.1) is 0 Å². The van der Waals surface area contributed by atoms with E-state index in [1.807, 2.05) is 0 Å². The SMILES string of the molecule is O=C(O)CCCC(=O)N1CCN2C(=O)c3cc(-c4ccco4)ccc3NC(=O)[C@H]2C1. The van der Waals surface area contributed by atoms with Crippen LogP contribution in [0.15, 0.2) is 41.0 Å². The van der Waals surface area contributed by atoms with Crippen molar-refractivity contribution < 1.29 is 28.7 Å². The fraction of sp³-hybridized carbons (Fsp3) is 0.333. The highest BCUT2D eigenvalue weighted by atomic mass is 16.4. The van der Waals surface area contributed by atoms with Gasteiger partial charge in [-0.1, -0.05) is 0 Å². The van der Waals surface area contributed by atoms with Crippen LogP contribution >= 0.6 is 0 Å². The molecule has 9 nitrogen and oxygen atoms in total. The van der Waals surface area contributed by atoms with E-state index in [4.69, 9.17) is 9.52 Å². The number of aliphatic carboxylic acids is 1. The van der Waals surface area contributed by atoms with Crippen LogP contribution in [-0.2, 0) is 14.4 Å². The standard InChI is InChI=1S/C21H21N3O6/c25-18(4-1-5-19(26)27)23-8-9-24-16(12-23)20(28)22-15-7-6-13(11-14(15)21(24)29)17-3-2-10-30-17/h2-3,6-7,10-11,16H,1,4-5,8-9,12H2,(H,22,28)(H,26,27)/t16-/m1/s1. The number of rotatable bonds is 5. The molecule has 0 saturated carbocycles. The van der Waals surface area contributed by atoms with Crippen LogP contribution in [0.3, 0.4) is 0 Å². The number of amides is 3. The number of hydrogen-bond acceptors (Lipinski definition) is 5. The van der Waals surface area contributed by atoms with Crippen LogP contribution in [0, 0.1) is 0 Å². The molecule has 1 aromatic heterocycles. The van der Waals surface area contributed by atoms with E-state index >= 15 is 0 Å². The van der Waals surface area contributed by atoms with Crippen LogP contribution in [0.25, 0.3) is 11.3 Å². The Kier molecular flexibility index (Phi) is 5.26. The Morgan fingerprint density at radius 1 is 1.17 bits per heavy atom. The third-order valence-corrected chi connectivity index (χ3v) is 5.39. The smallest absolute Gasteiger partial charge is 0.303 e. The van der Waals surface area contributed by atoms with Crippen LogP contribution < -0.4 is 5.32 Å². The second kappa shape index (κ2) is 8.02. The normalized spacial score (nSPS) is 18.3. The fourth-order valence-corrected chi connectivity index (χ4v) is 3.82. The quantitative estimate of drug-likeness (QED) is 0.774. The first-order chi connectivity index (χ1) is 14.4. The summed E-state index contributed by atoms with van der Waals surface area (Å²) < 4.78 is 5.40. The molecule has 1 saturated heterocycles. The Balaban J connectivity index is 1.52. The van der Waals surface area contributed by atoms with E-state index in [0.717, 1.165) is 5.56 Å². The minimum atomic E-state index is -0.951. The number of carbonyl (C=O) groups excluding carboxylic acids is 3. The lowest BCUT2D eigenvalue weighted by molar-refractivity contribution is -0.137. The fourth-order valence-electron chi connectivity index (χ4n) is 3.82. The van der Waals surface area contributed by atoms with E-state index < -0.39 is 12.0 Å². The number of hydrogen-bond donors (Lipinski definition) is 2. The minimum Gasteiger partial charge on any atom is -0.481 e. The van der Waals surface area contributed by atoms with Crippen molar-refractivity contribution in [1.29, 1.82) is 0 Å². The van der Waals surface area contributed by atoms with Gasteiger partial charge in [0.05, 0.1) is 24.1 Å². The number of piperazine rings is 1. The zero-order valence-electron chi connectivity index (χ0n) is 16.2. The van der Waals surface area contributed by atoms with Crippen LogP contribution in [-0.4, -0.2) is 64.3 Å². The summed E-state index contributed by atoms with van der Waals surface area (Å²) in [4.78, 5) is 52.1. The number of benzene rings is 1. The van der Waals surface area contributed by atoms with Gasteiger partial charge in [-0.05, 0) is 36.8 Å². The summed E-state index contributed by atoms with van der Waals surface area (Å²) in [5, 5.41) is 11.5. The third-order valence-electron chi connectivity index (χ3n) is 5.39. The minimum absolute atomic E-state index is 0.0819. The topological polar surface area (TPSA) is 120 Å². The number of carboxylic acids is 1. The molecule has 0 bridgehead atoms. The third kappa shape index (κ3) is 3.78. The zero-order chi connectivity index (χ0) is 21.3. The van der Waals surface area contributed by atoms with Gasteiger partial charge in [0.25, 0.3) is 5.91 Å². The van der Waals surface area contributed by atoms with Crippen molar-refractivity contribution in [3.8, 4) is 11.3 Å². The summed E-state index contributed by atoms with van der Waals surface area (Å²) in [6.07, 6.45) is 1.81. The largest absolute Gasteiger partial charge is 0.481 e. The Hall–Kier alpha value is -3.62. The molecule has 30 heavy (non-hydrogen) atoms. The van der Waals surface area contributed by atoms with E-state index in [1.165, 1.54) is 9.80 Å². The molecule has 0 spiro atoms. The lowest BCUT2D eigenvalue weighted by atomic mass is 10.0. The first kappa shape index (κ1) is 19.7. The molecular formula is C21H21N3O6. The van der Waals surface area contributed by atoms with Crippen molar-refractivity contribution in [1.82, 2.24) is 9.80 Å². The maximum Gasteiger partial charge on any atom is 0.303 e. The molecule has 2 aromatic rings. The molecule has 0 radical (unpaired) electrons. The second-order valence-corrected chi connectivity index (χ2v) is 7.33. The van der Waals surface area contributed by atoms with Crippen LogP contribution in [0.4, 0.5) is 5.69 Å². The van der Waals surface area contributed by atoms with Gasteiger partial charge in [-0.2, -0.15) is 0 Å². The molecule has 9 heteroatoms. The van der Waals surface area contributed by atoms with Gasteiger partial charge in [0.2, 0.25) is 11.8 Å². The Bertz CT molecular complexity index is 1000. The van der Waals surface area contributed by atoms with E-state index in [1.54, 1.807) is 36.6 Å². The van der Waals surface area contributed by atoms with E-state index in [2.05, 4.69) is 5.32 Å². The molecule has 3 amide bonds. The summed E-state index contributed by atoms with van der Waals surface area (Å²) in [5.74, 6) is -1.17. The first-order valence-corrected chi connectivity index (χ1v) is 9.73. The first-order valence-electron chi connectivity index (χ1n) is 9.73. The van der Waals surface area contributed by atoms with E-state index in [9.17, 15) is 19.2 Å². The van der Waals surface area contributed by atoms with Crippen LogP contribution in [0.2, 0.25) is 0 Å². The van der Waals surface area contributed by atoms with Crippen molar-refractivity contribution in [2.45, 2.75) is 25.3 Å². The molecule has 0 unspecified atom stereocenters. The van der Waals surface area contributed by atoms with Gasteiger partial charge >= 0.3 is 5.97 Å². The predicted octanol–water partition coefficient (Wildman–Crippen LogP) is 1.81. The Morgan fingerprint density at radius 3 is 2.73 bits per heavy atom. The highest BCUT2D eigenvalue weighted by Crippen LogP contribution is 2.30. The van der Waals surface area contributed by atoms with Gasteiger partial charge in [-0.25, -0.2) is 0 Å². The lowest BCUT2D eigenvalue weighted by Gasteiger charge is -2.39. The monoisotopic (exact) mass is 411 g/mol. The summed E-state index contributed by atoms with van der Waals surface area (Å²) >= 11 is 0. The van der Waals surface area contributed by atoms with Gasteiger partial charge in [-0.3, -0.25) is 19.2 Å². The number of anilines is 1. The Labute approximate surface area is 172 Å².